The number of piperazine rings is 1. The molecular formula is C28H36N4O4. The summed E-state index contributed by atoms with van der Waals surface area (Å²) in [5, 5.41) is 9.61. The van der Waals surface area contributed by atoms with Crippen molar-refractivity contribution in [3.8, 4) is 0 Å². The van der Waals surface area contributed by atoms with Crippen LogP contribution in [0.3, 0.4) is 0 Å². The second kappa shape index (κ2) is 11.7. The molecule has 0 bridgehead atoms. The summed E-state index contributed by atoms with van der Waals surface area (Å²) in [6.45, 7) is 11.3. The average molecular weight is 493 g/mol. The number of carbonyl (C=O) groups is 3. The Kier molecular flexibility index (Phi) is 8.38. The van der Waals surface area contributed by atoms with Gasteiger partial charge in [0.1, 0.15) is 6.54 Å². The summed E-state index contributed by atoms with van der Waals surface area (Å²) in [4.78, 5) is 47.0. The average Bonchev–Trinajstić information content (AvgIpc) is 2.99. The Morgan fingerprint density at radius 1 is 0.944 bits per heavy atom. The standard InChI is InChI=1S/C28H36N4O4/c1-3-29(4-2)13-14-30-15-17-31(18-16-30)26(33)20-32-25-12-8-7-10-22(25)24(19-27(34)35)21-9-5-6-11-23(21)28(32)36/h5-12,24H,3-4,13-20H2,1-2H3,(H,34,35). The van der Waals surface area contributed by atoms with Crippen molar-refractivity contribution in [1.82, 2.24) is 14.7 Å². The largest absolute Gasteiger partial charge is 0.481 e. The van der Waals surface area contributed by atoms with Gasteiger partial charge in [0.15, 0.2) is 0 Å². The summed E-state index contributed by atoms with van der Waals surface area (Å²) in [7, 11) is 0. The number of aliphatic carboxylic acids is 1. The number of fused-ring (bicyclic) bond motifs is 2. The van der Waals surface area contributed by atoms with Gasteiger partial charge in [0.25, 0.3) is 5.91 Å². The number of rotatable bonds is 9. The van der Waals surface area contributed by atoms with Crippen molar-refractivity contribution < 1.29 is 19.5 Å². The van der Waals surface area contributed by atoms with Crippen molar-refractivity contribution in [2.45, 2.75) is 26.2 Å². The topological polar surface area (TPSA) is 84.4 Å². The van der Waals surface area contributed by atoms with Crippen LogP contribution < -0.4 is 4.90 Å². The van der Waals surface area contributed by atoms with Crippen molar-refractivity contribution in [2.24, 2.45) is 0 Å². The van der Waals surface area contributed by atoms with Crippen LogP contribution in [0.4, 0.5) is 5.69 Å². The Morgan fingerprint density at radius 3 is 2.25 bits per heavy atom. The van der Waals surface area contributed by atoms with Gasteiger partial charge in [-0.3, -0.25) is 24.2 Å². The lowest BCUT2D eigenvalue weighted by molar-refractivity contribution is -0.137. The molecule has 2 aromatic carbocycles. The van der Waals surface area contributed by atoms with Gasteiger partial charge < -0.3 is 14.9 Å². The first-order chi connectivity index (χ1) is 17.4. The fourth-order valence-corrected chi connectivity index (χ4v) is 5.28. The highest BCUT2D eigenvalue weighted by molar-refractivity contribution is 6.11. The molecule has 2 aromatic rings. The molecule has 0 aliphatic carbocycles. The van der Waals surface area contributed by atoms with Crippen LogP contribution in [0.15, 0.2) is 48.5 Å². The van der Waals surface area contributed by atoms with E-state index in [0.717, 1.165) is 44.8 Å². The van der Waals surface area contributed by atoms with Crippen LogP contribution in [0, 0.1) is 0 Å². The minimum atomic E-state index is -0.930. The number of hydrogen-bond acceptors (Lipinski definition) is 5. The fourth-order valence-electron chi connectivity index (χ4n) is 5.28. The molecule has 2 heterocycles. The Hall–Kier alpha value is -3.23. The van der Waals surface area contributed by atoms with Crippen molar-refractivity contribution >= 4 is 23.5 Å². The Morgan fingerprint density at radius 2 is 1.58 bits per heavy atom. The molecule has 0 radical (unpaired) electrons. The van der Waals surface area contributed by atoms with E-state index in [4.69, 9.17) is 0 Å². The minimum absolute atomic E-state index is 0.0661. The molecule has 1 N–H and O–H groups in total. The predicted molar refractivity (Wildman–Crippen MR) is 139 cm³/mol. The number of para-hydroxylation sites is 1. The SMILES string of the molecule is CCN(CC)CCN1CCN(C(=O)CN2C(=O)c3ccccc3C(CC(=O)O)c3ccccc32)CC1. The van der Waals surface area contributed by atoms with Crippen LogP contribution in [0.2, 0.25) is 0 Å². The van der Waals surface area contributed by atoms with Crippen molar-refractivity contribution in [2.75, 3.05) is 63.8 Å². The van der Waals surface area contributed by atoms with Crippen molar-refractivity contribution in [3.05, 3.63) is 65.2 Å². The zero-order valence-corrected chi connectivity index (χ0v) is 21.2. The van der Waals surface area contributed by atoms with E-state index >= 15 is 0 Å². The summed E-state index contributed by atoms with van der Waals surface area (Å²) < 4.78 is 0. The molecule has 8 nitrogen and oxygen atoms in total. The van der Waals surface area contributed by atoms with Gasteiger partial charge in [0, 0.05) is 56.4 Å². The van der Waals surface area contributed by atoms with E-state index in [1.165, 1.54) is 4.90 Å². The molecule has 1 fully saturated rings. The lowest BCUT2D eigenvalue weighted by Gasteiger charge is -2.36. The monoisotopic (exact) mass is 492 g/mol. The lowest BCUT2D eigenvalue weighted by atomic mass is 9.86. The van der Waals surface area contributed by atoms with E-state index in [0.29, 0.717) is 29.9 Å². The molecule has 0 saturated carbocycles. The molecule has 0 spiro atoms. The van der Waals surface area contributed by atoms with E-state index in [2.05, 4.69) is 23.6 Å². The normalized spacial score (nSPS) is 18.1. The van der Waals surface area contributed by atoms with Gasteiger partial charge in [-0.05, 0) is 36.3 Å². The third-order valence-corrected chi connectivity index (χ3v) is 7.44. The molecule has 1 unspecified atom stereocenters. The van der Waals surface area contributed by atoms with Crippen LogP contribution >= 0.6 is 0 Å². The summed E-state index contributed by atoms with van der Waals surface area (Å²) in [6.07, 6.45) is -0.126. The number of amides is 2. The first-order valence-electron chi connectivity index (χ1n) is 12.9. The number of carbonyl (C=O) groups excluding carboxylic acids is 2. The Labute approximate surface area is 213 Å². The summed E-state index contributed by atoms with van der Waals surface area (Å²) in [5.41, 5.74) is 2.51. The smallest absolute Gasteiger partial charge is 0.304 e. The van der Waals surface area contributed by atoms with Crippen LogP contribution in [-0.2, 0) is 9.59 Å². The molecule has 2 aliphatic rings. The Balaban J connectivity index is 1.51. The first-order valence-corrected chi connectivity index (χ1v) is 12.9. The molecule has 4 rings (SSSR count). The number of hydrogen-bond donors (Lipinski definition) is 1. The van der Waals surface area contributed by atoms with Crippen molar-refractivity contribution in [3.63, 3.8) is 0 Å². The zero-order valence-electron chi connectivity index (χ0n) is 21.2. The minimum Gasteiger partial charge on any atom is -0.481 e. The maximum atomic E-state index is 13.7. The third-order valence-electron chi connectivity index (χ3n) is 7.44. The lowest BCUT2D eigenvalue weighted by Crippen LogP contribution is -2.52. The molecule has 0 aromatic heterocycles. The zero-order chi connectivity index (χ0) is 25.7. The van der Waals surface area contributed by atoms with Gasteiger partial charge in [0.05, 0.1) is 6.42 Å². The van der Waals surface area contributed by atoms with E-state index in [1.54, 1.807) is 12.1 Å². The number of nitrogens with zero attached hydrogens (tertiary/aromatic N) is 4. The molecule has 2 amide bonds. The quantitative estimate of drug-likeness (QED) is 0.580. The molecule has 2 aliphatic heterocycles. The molecule has 36 heavy (non-hydrogen) atoms. The van der Waals surface area contributed by atoms with Gasteiger partial charge in [-0.2, -0.15) is 0 Å². The summed E-state index contributed by atoms with van der Waals surface area (Å²) >= 11 is 0. The maximum absolute atomic E-state index is 13.7. The molecule has 1 atom stereocenters. The molecule has 8 heteroatoms. The third kappa shape index (κ3) is 5.60. The number of likely N-dealkylation sites (N-methyl/N-ethyl adjacent to an activating group) is 1. The van der Waals surface area contributed by atoms with Gasteiger partial charge >= 0.3 is 5.97 Å². The summed E-state index contributed by atoms with van der Waals surface area (Å²) in [5.74, 6) is -1.75. The molecule has 192 valence electrons. The second-order valence-corrected chi connectivity index (χ2v) is 9.44. The van der Waals surface area contributed by atoms with Crippen LogP contribution in [-0.4, -0.2) is 96.5 Å². The van der Waals surface area contributed by atoms with Gasteiger partial charge in [0.2, 0.25) is 5.91 Å². The second-order valence-electron chi connectivity index (χ2n) is 9.44. The highest BCUT2D eigenvalue weighted by Gasteiger charge is 2.35. The van der Waals surface area contributed by atoms with E-state index in [1.807, 2.05) is 41.3 Å². The van der Waals surface area contributed by atoms with Crippen LogP contribution in [0.5, 0.6) is 0 Å². The number of anilines is 1. The number of carboxylic acids is 1. The van der Waals surface area contributed by atoms with Gasteiger partial charge in [-0.25, -0.2) is 0 Å². The van der Waals surface area contributed by atoms with Gasteiger partial charge in [-0.1, -0.05) is 50.2 Å². The van der Waals surface area contributed by atoms with Gasteiger partial charge in [-0.15, -0.1) is 0 Å². The fraction of sp³-hybridized carbons (Fsp3) is 0.464. The maximum Gasteiger partial charge on any atom is 0.304 e. The highest BCUT2D eigenvalue weighted by Crippen LogP contribution is 2.40. The Bertz CT molecular complexity index is 1090. The van der Waals surface area contributed by atoms with E-state index in [9.17, 15) is 19.5 Å². The van der Waals surface area contributed by atoms with E-state index in [-0.39, 0.29) is 24.8 Å². The first kappa shape index (κ1) is 25.9. The molecular weight excluding hydrogens is 456 g/mol. The van der Waals surface area contributed by atoms with E-state index < -0.39 is 11.9 Å². The van der Waals surface area contributed by atoms with Crippen molar-refractivity contribution in [1.29, 1.82) is 0 Å². The van der Waals surface area contributed by atoms with Crippen LogP contribution in [0.25, 0.3) is 0 Å². The molecule has 1 saturated heterocycles. The highest BCUT2D eigenvalue weighted by atomic mass is 16.4. The summed E-state index contributed by atoms with van der Waals surface area (Å²) in [6, 6.07) is 14.5. The predicted octanol–water partition coefficient (Wildman–Crippen LogP) is 2.74. The van der Waals surface area contributed by atoms with Crippen LogP contribution in [0.1, 0.15) is 47.7 Å². The number of carboxylic acid groups (broad SMARTS) is 1. The number of benzene rings is 2.